The van der Waals surface area contributed by atoms with Gasteiger partial charge in [0.1, 0.15) is 0 Å². The largest absolute Gasteiger partial charge is 0.309 e. The third-order valence-electron chi connectivity index (χ3n) is 4.10. The summed E-state index contributed by atoms with van der Waals surface area (Å²) in [6.45, 7) is 13.2. The summed E-state index contributed by atoms with van der Waals surface area (Å²) >= 11 is 0. The number of nitrogens with one attached hydrogen (secondary N) is 2. The van der Waals surface area contributed by atoms with E-state index in [0.29, 0.717) is 11.5 Å². The van der Waals surface area contributed by atoms with Crippen molar-refractivity contribution < 1.29 is 9.00 Å². The monoisotopic (exact) mass is 402 g/mol. The zero-order valence-electron chi connectivity index (χ0n) is 17.7. The molecule has 1 aromatic carbocycles. The SMILES string of the molecule is C[C@@H](NS(=O)C(C)(C)C)c1cc(NC(=O)C(C)(C)C)nnc1-c1ccccc1. The third kappa shape index (κ3) is 5.69. The molecule has 2 N–H and O–H groups in total. The van der Waals surface area contributed by atoms with Crippen LogP contribution in [0.1, 0.15) is 60.1 Å². The van der Waals surface area contributed by atoms with Gasteiger partial charge in [-0.25, -0.2) is 8.93 Å². The molecular formula is C21H30N4O2S. The van der Waals surface area contributed by atoms with Crippen molar-refractivity contribution >= 4 is 22.7 Å². The molecule has 0 saturated heterocycles. The number of benzene rings is 1. The summed E-state index contributed by atoms with van der Waals surface area (Å²) in [7, 11) is -1.25. The predicted molar refractivity (Wildman–Crippen MR) is 115 cm³/mol. The Morgan fingerprint density at radius 1 is 1.04 bits per heavy atom. The quantitative estimate of drug-likeness (QED) is 0.783. The molecule has 0 saturated carbocycles. The molecule has 1 heterocycles. The molecule has 7 heteroatoms. The number of amides is 1. The topological polar surface area (TPSA) is 84.0 Å². The Hall–Kier alpha value is -2.12. The highest BCUT2D eigenvalue weighted by Gasteiger charge is 2.25. The summed E-state index contributed by atoms with van der Waals surface area (Å²) in [6.07, 6.45) is 0. The van der Waals surface area contributed by atoms with Crippen LogP contribution < -0.4 is 10.0 Å². The predicted octanol–water partition coefficient (Wildman–Crippen LogP) is 4.24. The van der Waals surface area contributed by atoms with Crippen molar-refractivity contribution in [3.8, 4) is 11.3 Å². The third-order valence-corrected chi connectivity index (χ3v) is 5.78. The fraction of sp³-hybridized carbons (Fsp3) is 0.476. The number of anilines is 1. The smallest absolute Gasteiger partial charge is 0.230 e. The number of nitrogens with zero attached hydrogens (tertiary/aromatic N) is 2. The molecule has 1 amide bonds. The number of carbonyl (C=O) groups excluding carboxylic acids is 1. The van der Waals surface area contributed by atoms with Crippen molar-refractivity contribution in [3.63, 3.8) is 0 Å². The summed E-state index contributed by atoms with van der Waals surface area (Å²) < 4.78 is 15.3. The summed E-state index contributed by atoms with van der Waals surface area (Å²) in [5.41, 5.74) is 1.88. The molecule has 152 valence electrons. The van der Waals surface area contributed by atoms with E-state index in [1.54, 1.807) is 6.07 Å². The molecule has 0 aliphatic rings. The first-order chi connectivity index (χ1) is 12.9. The van der Waals surface area contributed by atoms with E-state index in [1.165, 1.54) is 0 Å². The first-order valence-corrected chi connectivity index (χ1v) is 10.5. The molecule has 0 bridgehead atoms. The van der Waals surface area contributed by atoms with Gasteiger partial charge in [0.2, 0.25) is 5.91 Å². The van der Waals surface area contributed by atoms with E-state index in [2.05, 4.69) is 20.2 Å². The van der Waals surface area contributed by atoms with Crippen LogP contribution in [0.25, 0.3) is 11.3 Å². The van der Waals surface area contributed by atoms with Gasteiger partial charge >= 0.3 is 0 Å². The minimum atomic E-state index is -1.25. The van der Waals surface area contributed by atoms with Crippen LogP contribution in [-0.4, -0.2) is 25.1 Å². The summed E-state index contributed by atoms with van der Waals surface area (Å²) in [5.74, 6) is 0.240. The zero-order chi connectivity index (χ0) is 21.1. The van der Waals surface area contributed by atoms with Gasteiger partial charge in [-0.2, -0.15) is 0 Å². The second-order valence-electron chi connectivity index (χ2n) is 8.82. The molecule has 0 aliphatic carbocycles. The number of hydrogen-bond donors (Lipinski definition) is 2. The lowest BCUT2D eigenvalue weighted by molar-refractivity contribution is -0.123. The Bertz CT molecular complexity index is 855. The lowest BCUT2D eigenvalue weighted by Gasteiger charge is -2.24. The molecular weight excluding hydrogens is 372 g/mol. The fourth-order valence-electron chi connectivity index (χ4n) is 2.32. The Morgan fingerprint density at radius 3 is 2.18 bits per heavy atom. The second kappa shape index (κ2) is 8.49. The van der Waals surface area contributed by atoms with Gasteiger partial charge in [0, 0.05) is 22.6 Å². The maximum atomic E-state index is 12.6. The Balaban J connectivity index is 2.44. The van der Waals surface area contributed by atoms with Crippen molar-refractivity contribution in [2.24, 2.45) is 5.41 Å². The Labute approximate surface area is 170 Å². The van der Waals surface area contributed by atoms with Crippen LogP contribution in [0.4, 0.5) is 5.82 Å². The van der Waals surface area contributed by atoms with Gasteiger partial charge in [-0.15, -0.1) is 10.2 Å². The van der Waals surface area contributed by atoms with Crippen LogP contribution >= 0.6 is 0 Å². The molecule has 28 heavy (non-hydrogen) atoms. The van der Waals surface area contributed by atoms with Gasteiger partial charge in [0.05, 0.1) is 21.4 Å². The van der Waals surface area contributed by atoms with E-state index in [0.717, 1.165) is 11.1 Å². The van der Waals surface area contributed by atoms with Crippen molar-refractivity contribution in [1.82, 2.24) is 14.9 Å². The van der Waals surface area contributed by atoms with Gasteiger partial charge in [-0.1, -0.05) is 51.1 Å². The minimum Gasteiger partial charge on any atom is -0.309 e. The number of hydrogen-bond acceptors (Lipinski definition) is 4. The highest BCUT2D eigenvalue weighted by Crippen LogP contribution is 2.29. The van der Waals surface area contributed by atoms with E-state index in [4.69, 9.17) is 0 Å². The average Bonchev–Trinajstić information content (AvgIpc) is 2.60. The van der Waals surface area contributed by atoms with E-state index in [1.807, 2.05) is 78.8 Å². The molecule has 2 aromatic rings. The van der Waals surface area contributed by atoms with Crippen LogP contribution in [0.15, 0.2) is 36.4 Å². The van der Waals surface area contributed by atoms with Crippen molar-refractivity contribution in [2.45, 2.75) is 59.3 Å². The van der Waals surface area contributed by atoms with Crippen LogP contribution in [0.3, 0.4) is 0 Å². The standard InChI is InChI=1S/C21H30N4O2S/c1-14(25-28(27)21(5,6)7)16-13-17(22-19(26)20(2,3)4)23-24-18(16)15-11-9-8-10-12-15/h8-14,25H,1-7H3,(H,22,23,26)/t14-,28?/m1/s1. The zero-order valence-corrected chi connectivity index (χ0v) is 18.5. The lowest BCUT2D eigenvalue weighted by Crippen LogP contribution is -2.35. The van der Waals surface area contributed by atoms with E-state index in [-0.39, 0.29) is 11.9 Å². The average molecular weight is 403 g/mol. The van der Waals surface area contributed by atoms with Crippen LogP contribution in [0.2, 0.25) is 0 Å². The lowest BCUT2D eigenvalue weighted by atomic mass is 9.95. The van der Waals surface area contributed by atoms with Crippen LogP contribution in [0.5, 0.6) is 0 Å². The number of carbonyl (C=O) groups is 1. The first kappa shape index (κ1) is 22.2. The molecule has 0 fully saturated rings. The Morgan fingerprint density at radius 2 is 1.64 bits per heavy atom. The number of aromatic nitrogens is 2. The minimum absolute atomic E-state index is 0.140. The molecule has 6 nitrogen and oxygen atoms in total. The van der Waals surface area contributed by atoms with Gasteiger partial charge < -0.3 is 5.32 Å². The molecule has 0 radical (unpaired) electrons. The number of rotatable bonds is 5. The molecule has 0 spiro atoms. The molecule has 2 rings (SSSR count). The van der Waals surface area contributed by atoms with Gasteiger partial charge in [0.15, 0.2) is 5.82 Å². The summed E-state index contributed by atoms with van der Waals surface area (Å²) in [5, 5.41) is 11.4. The molecule has 1 unspecified atom stereocenters. The van der Waals surface area contributed by atoms with Gasteiger partial charge in [-0.05, 0) is 33.8 Å². The highest BCUT2D eigenvalue weighted by molar-refractivity contribution is 7.84. The van der Waals surface area contributed by atoms with Crippen molar-refractivity contribution in [3.05, 3.63) is 42.0 Å². The van der Waals surface area contributed by atoms with E-state index in [9.17, 15) is 9.00 Å². The molecule has 0 aliphatic heterocycles. The summed E-state index contributed by atoms with van der Waals surface area (Å²) in [4.78, 5) is 12.3. The first-order valence-electron chi connectivity index (χ1n) is 9.32. The molecule has 1 aromatic heterocycles. The van der Waals surface area contributed by atoms with Crippen LogP contribution in [-0.2, 0) is 15.8 Å². The van der Waals surface area contributed by atoms with Crippen molar-refractivity contribution in [2.75, 3.05) is 5.32 Å². The second-order valence-corrected chi connectivity index (χ2v) is 10.8. The van der Waals surface area contributed by atoms with Crippen LogP contribution in [0, 0.1) is 5.41 Å². The van der Waals surface area contributed by atoms with Crippen molar-refractivity contribution in [1.29, 1.82) is 0 Å². The molecule has 2 atom stereocenters. The van der Waals surface area contributed by atoms with E-state index < -0.39 is 21.1 Å². The summed E-state index contributed by atoms with van der Waals surface area (Å²) in [6, 6.07) is 11.3. The highest BCUT2D eigenvalue weighted by atomic mass is 32.2. The maximum Gasteiger partial charge on any atom is 0.230 e. The normalized spacial score (nSPS) is 14.4. The fourth-order valence-corrected chi connectivity index (χ4v) is 3.12. The maximum absolute atomic E-state index is 12.6. The van der Waals surface area contributed by atoms with E-state index >= 15 is 0 Å². The van der Waals surface area contributed by atoms with Gasteiger partial charge in [-0.3, -0.25) is 4.79 Å². The Kier molecular flexibility index (Phi) is 6.72. The van der Waals surface area contributed by atoms with Gasteiger partial charge in [0.25, 0.3) is 0 Å².